The summed E-state index contributed by atoms with van der Waals surface area (Å²) in [4.78, 5) is 38.0. The van der Waals surface area contributed by atoms with Crippen molar-refractivity contribution in [3.63, 3.8) is 0 Å². The summed E-state index contributed by atoms with van der Waals surface area (Å²) < 4.78 is 0. The van der Waals surface area contributed by atoms with Gasteiger partial charge in [-0.3, -0.25) is 19.3 Å². The minimum atomic E-state index is -0.256. The number of amides is 3. The average Bonchev–Trinajstić information content (AvgIpc) is 2.90. The van der Waals surface area contributed by atoms with Gasteiger partial charge in [-0.1, -0.05) is 36.4 Å². The van der Waals surface area contributed by atoms with Crippen molar-refractivity contribution in [2.24, 2.45) is 0 Å². The first-order valence-electron chi connectivity index (χ1n) is 8.87. The molecule has 1 N–H and O–H groups in total. The van der Waals surface area contributed by atoms with Crippen molar-refractivity contribution in [2.45, 2.75) is 19.9 Å². The summed E-state index contributed by atoms with van der Waals surface area (Å²) >= 11 is 1.41. The number of hydrogen-bond acceptors (Lipinski definition) is 4. The minimum Gasteiger partial charge on any atom is -0.349 e. The van der Waals surface area contributed by atoms with Gasteiger partial charge in [0, 0.05) is 12.3 Å². The highest BCUT2D eigenvalue weighted by Crippen LogP contribution is 2.22. The number of nitrogens with one attached hydrogen (secondary N) is 1. The Hall–Kier alpha value is -2.60. The molecule has 3 amide bonds. The monoisotopic (exact) mass is 382 g/mol. The number of aryl methyl sites for hydroxylation is 1. The molecule has 0 fully saturated rings. The first-order chi connectivity index (χ1) is 13.0. The van der Waals surface area contributed by atoms with E-state index < -0.39 is 0 Å². The minimum absolute atomic E-state index is 0.0573. The maximum absolute atomic E-state index is 12.3. The number of imide groups is 1. The number of rotatable bonds is 7. The lowest BCUT2D eigenvalue weighted by atomic mass is 10.0. The van der Waals surface area contributed by atoms with Crippen LogP contribution >= 0.6 is 11.8 Å². The van der Waals surface area contributed by atoms with Crippen LogP contribution in [0.25, 0.3) is 0 Å². The molecule has 27 heavy (non-hydrogen) atoms. The van der Waals surface area contributed by atoms with E-state index in [1.165, 1.54) is 16.7 Å². The van der Waals surface area contributed by atoms with E-state index in [-0.39, 0.29) is 23.8 Å². The van der Waals surface area contributed by atoms with Crippen LogP contribution in [-0.2, 0) is 4.79 Å². The highest BCUT2D eigenvalue weighted by atomic mass is 32.2. The summed E-state index contributed by atoms with van der Waals surface area (Å²) in [6, 6.07) is 14.8. The van der Waals surface area contributed by atoms with Gasteiger partial charge in [0.15, 0.2) is 0 Å². The van der Waals surface area contributed by atoms with Gasteiger partial charge in [0.25, 0.3) is 11.8 Å². The first kappa shape index (κ1) is 19.2. The van der Waals surface area contributed by atoms with E-state index >= 15 is 0 Å². The second-order valence-corrected chi connectivity index (χ2v) is 7.61. The zero-order valence-electron chi connectivity index (χ0n) is 15.4. The molecule has 0 radical (unpaired) electrons. The summed E-state index contributed by atoms with van der Waals surface area (Å²) in [5.74, 6) is 0.248. The summed E-state index contributed by atoms with van der Waals surface area (Å²) in [6.45, 7) is 4.29. The Morgan fingerprint density at radius 2 is 1.63 bits per heavy atom. The highest BCUT2D eigenvalue weighted by molar-refractivity contribution is 7.99. The lowest BCUT2D eigenvalue weighted by Crippen LogP contribution is -2.32. The Kier molecular flexibility index (Phi) is 5.96. The first-order valence-corrected chi connectivity index (χ1v) is 10.0. The fourth-order valence-electron chi connectivity index (χ4n) is 3.20. The van der Waals surface area contributed by atoms with Crippen LogP contribution in [0.4, 0.5) is 0 Å². The van der Waals surface area contributed by atoms with Gasteiger partial charge in [0.2, 0.25) is 5.91 Å². The molecule has 1 unspecified atom stereocenters. The van der Waals surface area contributed by atoms with Gasteiger partial charge in [-0.05, 0) is 37.1 Å². The quantitative estimate of drug-likeness (QED) is 0.590. The molecule has 6 heteroatoms. The number of carbonyl (C=O) groups is 3. The van der Waals surface area contributed by atoms with Gasteiger partial charge >= 0.3 is 0 Å². The molecule has 1 aliphatic heterocycles. The molecule has 0 saturated heterocycles. The fourth-order valence-corrected chi connectivity index (χ4v) is 3.92. The fraction of sp³-hybridized carbons (Fsp3) is 0.286. The van der Waals surface area contributed by atoms with Crippen LogP contribution < -0.4 is 5.32 Å². The summed E-state index contributed by atoms with van der Waals surface area (Å²) in [6.07, 6.45) is 0. The summed E-state index contributed by atoms with van der Waals surface area (Å²) in [5.41, 5.74) is 3.15. The summed E-state index contributed by atoms with van der Waals surface area (Å²) in [5, 5.41) is 2.99. The SMILES string of the molecule is Cc1ccccc1C(C)NC(=O)CSCCN1C(=O)c2ccccc2C1=O. The number of hydrogen-bond donors (Lipinski definition) is 1. The van der Waals surface area contributed by atoms with Crippen LogP contribution in [-0.4, -0.2) is 40.7 Å². The number of nitrogens with zero attached hydrogens (tertiary/aromatic N) is 1. The molecular weight excluding hydrogens is 360 g/mol. The largest absolute Gasteiger partial charge is 0.349 e. The van der Waals surface area contributed by atoms with Gasteiger partial charge in [-0.2, -0.15) is 11.8 Å². The van der Waals surface area contributed by atoms with E-state index in [1.54, 1.807) is 24.3 Å². The third-order valence-corrected chi connectivity index (χ3v) is 5.54. The van der Waals surface area contributed by atoms with Crippen molar-refractivity contribution >= 4 is 29.5 Å². The van der Waals surface area contributed by atoms with Crippen molar-refractivity contribution in [3.05, 3.63) is 70.8 Å². The third-order valence-electron chi connectivity index (χ3n) is 4.60. The molecule has 0 spiro atoms. The predicted molar refractivity (Wildman–Crippen MR) is 107 cm³/mol. The van der Waals surface area contributed by atoms with Crippen LogP contribution in [0.5, 0.6) is 0 Å². The molecule has 0 aromatic heterocycles. The second-order valence-electron chi connectivity index (χ2n) is 6.51. The second kappa shape index (κ2) is 8.39. The molecule has 2 aromatic rings. The van der Waals surface area contributed by atoms with E-state index in [2.05, 4.69) is 5.32 Å². The molecule has 5 nitrogen and oxygen atoms in total. The number of benzene rings is 2. The zero-order valence-corrected chi connectivity index (χ0v) is 16.2. The lowest BCUT2D eigenvalue weighted by molar-refractivity contribution is -0.119. The Morgan fingerprint density at radius 3 is 2.26 bits per heavy atom. The van der Waals surface area contributed by atoms with E-state index in [0.29, 0.717) is 29.2 Å². The Morgan fingerprint density at radius 1 is 1.04 bits per heavy atom. The van der Waals surface area contributed by atoms with Crippen molar-refractivity contribution in [1.29, 1.82) is 0 Å². The molecule has 2 aromatic carbocycles. The van der Waals surface area contributed by atoms with E-state index in [4.69, 9.17) is 0 Å². The van der Waals surface area contributed by atoms with Gasteiger partial charge in [-0.25, -0.2) is 0 Å². The van der Waals surface area contributed by atoms with Gasteiger partial charge < -0.3 is 5.32 Å². The summed E-state index contributed by atoms with van der Waals surface area (Å²) in [7, 11) is 0. The molecular formula is C21H22N2O3S. The van der Waals surface area contributed by atoms with E-state index in [9.17, 15) is 14.4 Å². The maximum atomic E-state index is 12.3. The van der Waals surface area contributed by atoms with Crippen molar-refractivity contribution in [3.8, 4) is 0 Å². The molecule has 140 valence electrons. The lowest BCUT2D eigenvalue weighted by Gasteiger charge is -2.17. The van der Waals surface area contributed by atoms with E-state index in [0.717, 1.165) is 11.1 Å². The van der Waals surface area contributed by atoms with Crippen LogP contribution in [0.15, 0.2) is 48.5 Å². The predicted octanol–water partition coefficient (Wildman–Crippen LogP) is 3.20. The Labute approximate surface area is 163 Å². The van der Waals surface area contributed by atoms with Crippen molar-refractivity contribution < 1.29 is 14.4 Å². The Bertz CT molecular complexity index is 846. The molecule has 1 heterocycles. The molecule has 0 bridgehead atoms. The van der Waals surface area contributed by atoms with Gasteiger partial charge in [-0.15, -0.1) is 0 Å². The highest BCUT2D eigenvalue weighted by Gasteiger charge is 2.34. The number of fused-ring (bicyclic) bond motifs is 1. The molecule has 3 rings (SSSR count). The topological polar surface area (TPSA) is 66.5 Å². The van der Waals surface area contributed by atoms with Crippen molar-refractivity contribution in [2.75, 3.05) is 18.1 Å². The van der Waals surface area contributed by atoms with Crippen LogP contribution in [0.3, 0.4) is 0 Å². The Balaban J connectivity index is 1.44. The van der Waals surface area contributed by atoms with Gasteiger partial charge in [0.05, 0.1) is 22.9 Å². The van der Waals surface area contributed by atoms with Crippen LogP contribution in [0, 0.1) is 6.92 Å². The molecule has 1 aliphatic rings. The molecule has 1 atom stereocenters. The average molecular weight is 382 g/mol. The normalized spacial score (nSPS) is 14.2. The van der Waals surface area contributed by atoms with Crippen molar-refractivity contribution in [1.82, 2.24) is 10.2 Å². The molecule has 0 aliphatic carbocycles. The number of carbonyl (C=O) groups excluding carboxylic acids is 3. The standard InChI is InChI=1S/C21H22N2O3S/c1-14-7-3-4-8-16(14)15(2)22-19(24)13-27-12-11-23-20(25)17-9-5-6-10-18(17)21(23)26/h3-10,15H,11-13H2,1-2H3,(H,22,24). The zero-order chi connectivity index (χ0) is 19.4. The maximum Gasteiger partial charge on any atom is 0.261 e. The van der Waals surface area contributed by atoms with E-state index in [1.807, 2.05) is 38.1 Å². The van der Waals surface area contributed by atoms with Gasteiger partial charge in [0.1, 0.15) is 0 Å². The number of thioether (sulfide) groups is 1. The molecule has 0 saturated carbocycles. The van der Waals surface area contributed by atoms with Crippen LogP contribution in [0.1, 0.15) is 44.8 Å². The van der Waals surface area contributed by atoms with Crippen LogP contribution in [0.2, 0.25) is 0 Å². The third kappa shape index (κ3) is 4.22. The smallest absolute Gasteiger partial charge is 0.261 e.